The van der Waals surface area contributed by atoms with Crippen molar-refractivity contribution in [2.75, 3.05) is 0 Å². The van der Waals surface area contributed by atoms with E-state index in [9.17, 15) is 18.4 Å². The van der Waals surface area contributed by atoms with Crippen LogP contribution in [0.5, 0.6) is 0 Å². The minimum Gasteiger partial charge on any atom is -0.480 e. The fraction of sp³-hybridized carbons (Fsp3) is 0.273. The largest absolute Gasteiger partial charge is 0.480 e. The number of carbonyl (C=O) groups is 2. The molecule has 0 bridgehead atoms. The Labute approximate surface area is 117 Å². The zero-order chi connectivity index (χ0) is 14.6. The number of halogens is 4. The van der Waals surface area contributed by atoms with E-state index in [4.69, 9.17) is 28.3 Å². The van der Waals surface area contributed by atoms with Gasteiger partial charge in [-0.1, -0.05) is 29.3 Å². The molecule has 19 heavy (non-hydrogen) atoms. The van der Waals surface area contributed by atoms with Crippen molar-refractivity contribution in [1.82, 2.24) is 5.32 Å². The zero-order valence-electron chi connectivity index (χ0n) is 9.37. The van der Waals surface area contributed by atoms with Crippen molar-refractivity contribution in [2.45, 2.75) is 18.9 Å². The maximum absolute atomic E-state index is 12.2. The van der Waals surface area contributed by atoms with E-state index in [1.807, 2.05) is 5.32 Å². The number of aliphatic carboxylic acids is 1. The molecule has 1 rings (SSSR count). The van der Waals surface area contributed by atoms with Crippen LogP contribution >= 0.6 is 23.2 Å². The molecule has 8 heteroatoms. The van der Waals surface area contributed by atoms with Crippen LogP contribution in [0.2, 0.25) is 10.0 Å². The lowest BCUT2D eigenvalue weighted by Gasteiger charge is -2.14. The molecule has 0 aliphatic rings. The number of rotatable bonds is 5. The van der Waals surface area contributed by atoms with Gasteiger partial charge in [0.1, 0.15) is 6.04 Å². The predicted octanol–water partition coefficient (Wildman–Crippen LogP) is 2.83. The Kier molecular flexibility index (Phi) is 5.50. The van der Waals surface area contributed by atoms with Crippen LogP contribution in [-0.4, -0.2) is 29.5 Å². The van der Waals surface area contributed by atoms with Crippen molar-refractivity contribution in [3.05, 3.63) is 33.8 Å². The van der Waals surface area contributed by atoms with E-state index >= 15 is 0 Å². The van der Waals surface area contributed by atoms with Crippen LogP contribution in [0.25, 0.3) is 0 Å². The predicted molar refractivity (Wildman–Crippen MR) is 66.0 cm³/mol. The molecule has 0 saturated heterocycles. The highest BCUT2D eigenvalue weighted by Crippen LogP contribution is 2.25. The summed E-state index contributed by atoms with van der Waals surface area (Å²) in [6.45, 7) is 0. The fourth-order valence-corrected chi connectivity index (χ4v) is 1.70. The lowest BCUT2D eigenvalue weighted by Crippen LogP contribution is -2.42. The molecule has 1 aromatic rings. The Morgan fingerprint density at radius 3 is 2.47 bits per heavy atom. The second-order valence-corrected chi connectivity index (χ2v) is 4.38. The second kappa shape index (κ2) is 6.68. The normalized spacial score (nSPS) is 12.3. The van der Waals surface area contributed by atoms with Gasteiger partial charge in [0.25, 0.3) is 5.91 Å². The van der Waals surface area contributed by atoms with E-state index in [1.54, 1.807) is 0 Å². The first-order chi connectivity index (χ1) is 8.82. The molecule has 1 amide bonds. The Hall–Kier alpha value is -1.40. The van der Waals surface area contributed by atoms with Gasteiger partial charge in [0.05, 0.1) is 15.6 Å². The Morgan fingerprint density at radius 2 is 1.95 bits per heavy atom. The van der Waals surface area contributed by atoms with E-state index in [2.05, 4.69) is 0 Å². The molecule has 0 radical (unpaired) electrons. The van der Waals surface area contributed by atoms with Crippen LogP contribution in [0.15, 0.2) is 18.2 Å². The third-order valence-electron chi connectivity index (χ3n) is 2.21. The Morgan fingerprint density at radius 1 is 1.32 bits per heavy atom. The van der Waals surface area contributed by atoms with Gasteiger partial charge in [-0.3, -0.25) is 4.79 Å². The van der Waals surface area contributed by atoms with Gasteiger partial charge in [-0.2, -0.15) is 0 Å². The van der Waals surface area contributed by atoms with Crippen LogP contribution < -0.4 is 5.32 Å². The first-order valence-corrected chi connectivity index (χ1v) is 5.84. The number of alkyl halides is 2. The summed E-state index contributed by atoms with van der Waals surface area (Å²) in [7, 11) is 0. The maximum atomic E-state index is 12.2. The standard InChI is InChI=1S/C11H9Cl2F2NO3/c12-6-3-1-2-5(9(6)13)10(17)16-7(11(18)19)4-8(14)15/h1-3,7-8H,4H2,(H,16,17)(H,18,19). The van der Waals surface area contributed by atoms with Gasteiger partial charge in [-0.05, 0) is 12.1 Å². The van der Waals surface area contributed by atoms with Gasteiger partial charge in [-0.15, -0.1) is 0 Å². The lowest BCUT2D eigenvalue weighted by molar-refractivity contribution is -0.140. The van der Waals surface area contributed by atoms with Gasteiger partial charge >= 0.3 is 5.97 Å². The number of nitrogens with one attached hydrogen (secondary N) is 1. The molecule has 2 N–H and O–H groups in total. The van der Waals surface area contributed by atoms with Crippen LogP contribution in [-0.2, 0) is 4.79 Å². The number of hydrogen-bond acceptors (Lipinski definition) is 2. The molecule has 0 saturated carbocycles. The number of carbonyl (C=O) groups excluding carboxylic acids is 1. The van der Waals surface area contributed by atoms with Gasteiger partial charge < -0.3 is 10.4 Å². The SMILES string of the molecule is O=C(NC(CC(F)F)C(=O)O)c1cccc(Cl)c1Cl. The Balaban J connectivity index is 2.88. The van der Waals surface area contributed by atoms with Crippen molar-refractivity contribution in [1.29, 1.82) is 0 Å². The van der Waals surface area contributed by atoms with Crippen LogP contribution in [0.3, 0.4) is 0 Å². The van der Waals surface area contributed by atoms with Gasteiger partial charge in [0, 0.05) is 6.42 Å². The number of carboxylic acid groups (broad SMARTS) is 1. The molecular formula is C11H9Cl2F2NO3. The summed E-state index contributed by atoms with van der Waals surface area (Å²) in [5, 5.41) is 10.7. The van der Waals surface area contributed by atoms with Crippen molar-refractivity contribution >= 4 is 35.1 Å². The molecule has 4 nitrogen and oxygen atoms in total. The number of carboxylic acids is 1. The van der Waals surface area contributed by atoms with Crippen LogP contribution in [0.1, 0.15) is 16.8 Å². The minimum atomic E-state index is -2.85. The molecule has 0 aromatic heterocycles. The lowest BCUT2D eigenvalue weighted by atomic mass is 10.1. The third-order valence-corrected chi connectivity index (χ3v) is 3.03. The number of amides is 1. The van der Waals surface area contributed by atoms with E-state index in [1.165, 1.54) is 18.2 Å². The summed E-state index contributed by atoms with van der Waals surface area (Å²) in [6, 6.07) is 2.49. The van der Waals surface area contributed by atoms with E-state index in [0.29, 0.717) is 0 Å². The van der Waals surface area contributed by atoms with E-state index < -0.39 is 30.8 Å². The van der Waals surface area contributed by atoms with Crippen LogP contribution in [0, 0.1) is 0 Å². The number of hydrogen-bond donors (Lipinski definition) is 2. The summed E-state index contributed by atoms with van der Waals surface area (Å²) in [5.74, 6) is -2.42. The zero-order valence-corrected chi connectivity index (χ0v) is 10.9. The van der Waals surface area contributed by atoms with Crippen molar-refractivity contribution in [3.8, 4) is 0 Å². The summed E-state index contributed by atoms with van der Waals surface area (Å²) in [4.78, 5) is 22.5. The highest BCUT2D eigenvalue weighted by Gasteiger charge is 2.25. The van der Waals surface area contributed by atoms with Crippen molar-refractivity contribution in [2.24, 2.45) is 0 Å². The van der Waals surface area contributed by atoms with E-state index in [-0.39, 0.29) is 15.6 Å². The van der Waals surface area contributed by atoms with Crippen molar-refractivity contribution in [3.63, 3.8) is 0 Å². The monoisotopic (exact) mass is 311 g/mol. The first-order valence-electron chi connectivity index (χ1n) is 5.08. The summed E-state index contributed by atoms with van der Waals surface area (Å²) < 4.78 is 24.4. The smallest absolute Gasteiger partial charge is 0.326 e. The fourth-order valence-electron chi connectivity index (χ4n) is 1.31. The molecule has 0 heterocycles. The molecule has 0 spiro atoms. The quantitative estimate of drug-likeness (QED) is 0.878. The molecule has 1 aromatic carbocycles. The summed E-state index contributed by atoms with van der Waals surface area (Å²) in [6.07, 6.45) is -3.84. The highest BCUT2D eigenvalue weighted by molar-refractivity contribution is 6.43. The average Bonchev–Trinajstić information content (AvgIpc) is 2.31. The summed E-state index contributed by atoms with van der Waals surface area (Å²) in [5.41, 5.74) is -0.0744. The molecule has 0 aliphatic heterocycles. The molecule has 1 unspecified atom stereocenters. The second-order valence-electron chi connectivity index (χ2n) is 3.59. The average molecular weight is 312 g/mol. The highest BCUT2D eigenvalue weighted by atomic mass is 35.5. The van der Waals surface area contributed by atoms with Gasteiger partial charge in [0.15, 0.2) is 0 Å². The molecular weight excluding hydrogens is 303 g/mol. The maximum Gasteiger partial charge on any atom is 0.326 e. The molecule has 1 atom stereocenters. The molecule has 104 valence electrons. The topological polar surface area (TPSA) is 66.4 Å². The van der Waals surface area contributed by atoms with E-state index in [0.717, 1.165) is 0 Å². The Bertz CT molecular complexity index is 497. The van der Waals surface area contributed by atoms with Crippen molar-refractivity contribution < 1.29 is 23.5 Å². The molecule has 0 fully saturated rings. The van der Waals surface area contributed by atoms with Crippen LogP contribution in [0.4, 0.5) is 8.78 Å². The molecule has 0 aliphatic carbocycles. The summed E-state index contributed by atoms with van der Waals surface area (Å²) >= 11 is 11.5. The first kappa shape index (κ1) is 15.7. The third kappa shape index (κ3) is 4.33. The number of benzene rings is 1. The van der Waals surface area contributed by atoms with Gasteiger partial charge in [0.2, 0.25) is 6.43 Å². The van der Waals surface area contributed by atoms with Gasteiger partial charge in [-0.25, -0.2) is 13.6 Å². The minimum absolute atomic E-state index is 0.0668.